The molecule has 2 rings (SSSR count). The van der Waals surface area contributed by atoms with Crippen molar-refractivity contribution in [3.05, 3.63) is 0 Å². The largest absolute Gasteiger partial charge is 0.460 e. The molecule has 1 saturated heterocycles. The topological polar surface area (TPSA) is 35.5 Å². The van der Waals surface area contributed by atoms with E-state index in [-0.39, 0.29) is 18.2 Å². The quantitative estimate of drug-likeness (QED) is 0.736. The molecule has 2 fully saturated rings. The third-order valence-corrected chi connectivity index (χ3v) is 4.69. The van der Waals surface area contributed by atoms with Crippen LogP contribution in [0.5, 0.6) is 0 Å². The number of ether oxygens (including phenoxy) is 2. The third kappa shape index (κ3) is 3.71. The first-order chi connectivity index (χ1) is 8.97. The average Bonchev–Trinajstić information content (AvgIpc) is 2.75. The van der Waals surface area contributed by atoms with Crippen LogP contribution in [0.15, 0.2) is 0 Å². The van der Waals surface area contributed by atoms with Crippen molar-refractivity contribution in [3.63, 3.8) is 0 Å². The molecule has 3 nitrogen and oxygen atoms in total. The van der Waals surface area contributed by atoms with Gasteiger partial charge in [0.15, 0.2) is 6.10 Å². The molecule has 5 atom stereocenters. The molecule has 1 aliphatic heterocycles. The van der Waals surface area contributed by atoms with Crippen molar-refractivity contribution in [2.45, 2.75) is 65.6 Å². The van der Waals surface area contributed by atoms with Gasteiger partial charge in [-0.1, -0.05) is 34.1 Å². The van der Waals surface area contributed by atoms with Gasteiger partial charge in [0, 0.05) is 0 Å². The molecular weight excluding hydrogens is 240 g/mol. The molecule has 0 aromatic carbocycles. The highest BCUT2D eigenvalue weighted by Gasteiger charge is 2.36. The fourth-order valence-corrected chi connectivity index (χ4v) is 3.42. The maximum absolute atomic E-state index is 12.2. The summed E-state index contributed by atoms with van der Waals surface area (Å²) in [5.41, 5.74) is 0. The summed E-state index contributed by atoms with van der Waals surface area (Å²) in [5.74, 6) is 2.10. The van der Waals surface area contributed by atoms with E-state index < -0.39 is 0 Å². The molecule has 110 valence electrons. The SMILES string of the molecule is CC(C)[C@@H]1CC[C@@H](C)C[C@H]1OC(=O)[C@H]1C[C@H](C)CO1. The maximum atomic E-state index is 12.2. The van der Waals surface area contributed by atoms with E-state index in [1.165, 1.54) is 12.8 Å². The molecule has 0 spiro atoms. The minimum atomic E-state index is -0.319. The predicted molar refractivity (Wildman–Crippen MR) is 74.7 cm³/mol. The van der Waals surface area contributed by atoms with Gasteiger partial charge in [0.25, 0.3) is 0 Å². The van der Waals surface area contributed by atoms with E-state index in [1.54, 1.807) is 0 Å². The Kier molecular flexibility index (Phi) is 4.88. The number of hydrogen-bond donors (Lipinski definition) is 0. The molecule has 1 aliphatic carbocycles. The van der Waals surface area contributed by atoms with Gasteiger partial charge in [-0.2, -0.15) is 0 Å². The van der Waals surface area contributed by atoms with E-state index >= 15 is 0 Å². The fraction of sp³-hybridized carbons (Fsp3) is 0.938. The Morgan fingerprint density at radius 2 is 1.89 bits per heavy atom. The van der Waals surface area contributed by atoms with Crippen molar-refractivity contribution < 1.29 is 14.3 Å². The number of carbonyl (C=O) groups is 1. The van der Waals surface area contributed by atoms with Gasteiger partial charge >= 0.3 is 5.97 Å². The lowest BCUT2D eigenvalue weighted by atomic mass is 9.75. The summed E-state index contributed by atoms with van der Waals surface area (Å²) in [6, 6.07) is 0. The number of hydrogen-bond acceptors (Lipinski definition) is 3. The summed E-state index contributed by atoms with van der Waals surface area (Å²) in [6.07, 6.45) is 4.03. The monoisotopic (exact) mass is 268 g/mol. The van der Waals surface area contributed by atoms with Gasteiger partial charge in [-0.15, -0.1) is 0 Å². The van der Waals surface area contributed by atoms with E-state index in [0.29, 0.717) is 30.3 Å². The van der Waals surface area contributed by atoms with Crippen molar-refractivity contribution >= 4 is 5.97 Å². The van der Waals surface area contributed by atoms with Gasteiger partial charge in [0.2, 0.25) is 0 Å². The van der Waals surface area contributed by atoms with Gasteiger partial charge in [-0.05, 0) is 42.9 Å². The van der Waals surface area contributed by atoms with Crippen LogP contribution in [0.2, 0.25) is 0 Å². The van der Waals surface area contributed by atoms with Gasteiger partial charge in [-0.25, -0.2) is 4.79 Å². The predicted octanol–water partition coefficient (Wildman–Crippen LogP) is 3.42. The molecule has 2 aliphatic rings. The zero-order valence-corrected chi connectivity index (χ0v) is 12.7. The summed E-state index contributed by atoms with van der Waals surface area (Å²) in [5, 5.41) is 0. The maximum Gasteiger partial charge on any atom is 0.335 e. The molecule has 19 heavy (non-hydrogen) atoms. The molecule has 3 heteroatoms. The normalized spacial score (nSPS) is 39.5. The molecule has 0 radical (unpaired) electrons. The highest BCUT2D eigenvalue weighted by molar-refractivity contribution is 5.75. The highest BCUT2D eigenvalue weighted by atomic mass is 16.6. The van der Waals surface area contributed by atoms with Crippen LogP contribution in [0, 0.1) is 23.7 Å². The Labute approximate surface area is 117 Å². The van der Waals surface area contributed by atoms with Gasteiger partial charge < -0.3 is 9.47 Å². The van der Waals surface area contributed by atoms with Crippen LogP contribution in [0.3, 0.4) is 0 Å². The van der Waals surface area contributed by atoms with Gasteiger partial charge in [0.1, 0.15) is 6.10 Å². The molecule has 0 N–H and O–H groups in total. The molecule has 0 aromatic heterocycles. The van der Waals surface area contributed by atoms with E-state index in [2.05, 4.69) is 27.7 Å². The molecule has 0 amide bonds. The minimum absolute atomic E-state index is 0.0933. The summed E-state index contributed by atoms with van der Waals surface area (Å²) < 4.78 is 11.3. The smallest absolute Gasteiger partial charge is 0.335 e. The zero-order valence-electron chi connectivity index (χ0n) is 12.7. The summed E-state index contributed by atoms with van der Waals surface area (Å²) in [6.45, 7) is 9.53. The standard InChI is InChI=1S/C16H28O3/c1-10(2)13-6-5-11(3)7-14(13)19-16(17)15-8-12(4)9-18-15/h10-15H,5-9H2,1-4H3/t11-,12+,13+,14-,15-/m1/s1. The summed E-state index contributed by atoms with van der Waals surface area (Å²) >= 11 is 0. The second-order valence-electron chi connectivity index (χ2n) is 6.96. The van der Waals surface area contributed by atoms with Crippen molar-refractivity contribution in [2.24, 2.45) is 23.7 Å². The molecule has 0 bridgehead atoms. The summed E-state index contributed by atoms with van der Waals surface area (Å²) in [4.78, 5) is 12.2. The van der Waals surface area contributed by atoms with Gasteiger partial charge in [-0.3, -0.25) is 0 Å². The summed E-state index contributed by atoms with van der Waals surface area (Å²) in [7, 11) is 0. The molecule has 1 heterocycles. The van der Waals surface area contributed by atoms with E-state index in [0.717, 1.165) is 12.8 Å². The molecule has 1 saturated carbocycles. The second-order valence-corrected chi connectivity index (χ2v) is 6.96. The van der Waals surface area contributed by atoms with Crippen LogP contribution in [0.25, 0.3) is 0 Å². The molecule has 0 aromatic rings. The zero-order chi connectivity index (χ0) is 14.0. The van der Waals surface area contributed by atoms with Crippen LogP contribution in [-0.4, -0.2) is 24.8 Å². The number of esters is 1. The van der Waals surface area contributed by atoms with Crippen molar-refractivity contribution in [2.75, 3.05) is 6.61 Å². The van der Waals surface area contributed by atoms with Crippen LogP contribution < -0.4 is 0 Å². The fourth-order valence-electron chi connectivity index (χ4n) is 3.42. The first kappa shape index (κ1) is 14.8. The van der Waals surface area contributed by atoms with Crippen molar-refractivity contribution in [1.82, 2.24) is 0 Å². The Hall–Kier alpha value is -0.570. The highest BCUT2D eigenvalue weighted by Crippen LogP contribution is 2.36. The lowest BCUT2D eigenvalue weighted by Gasteiger charge is -2.37. The lowest BCUT2D eigenvalue weighted by molar-refractivity contribution is -0.166. The lowest BCUT2D eigenvalue weighted by Crippen LogP contribution is -2.38. The Morgan fingerprint density at radius 1 is 1.16 bits per heavy atom. The Morgan fingerprint density at radius 3 is 2.47 bits per heavy atom. The molecule has 0 unspecified atom stereocenters. The Bertz CT molecular complexity index is 313. The van der Waals surface area contributed by atoms with Crippen LogP contribution in [0.4, 0.5) is 0 Å². The van der Waals surface area contributed by atoms with Crippen molar-refractivity contribution in [1.29, 1.82) is 0 Å². The van der Waals surface area contributed by atoms with Gasteiger partial charge in [0.05, 0.1) is 6.61 Å². The Balaban J connectivity index is 1.92. The van der Waals surface area contributed by atoms with Crippen LogP contribution in [-0.2, 0) is 14.3 Å². The number of rotatable bonds is 3. The van der Waals surface area contributed by atoms with E-state index in [4.69, 9.17) is 9.47 Å². The average molecular weight is 268 g/mol. The molecular formula is C16H28O3. The second kappa shape index (κ2) is 6.25. The third-order valence-electron chi connectivity index (χ3n) is 4.69. The first-order valence-electron chi connectivity index (χ1n) is 7.79. The van der Waals surface area contributed by atoms with Crippen LogP contribution in [0.1, 0.15) is 53.4 Å². The van der Waals surface area contributed by atoms with Crippen molar-refractivity contribution in [3.8, 4) is 0 Å². The van der Waals surface area contributed by atoms with E-state index in [1.807, 2.05) is 0 Å². The minimum Gasteiger partial charge on any atom is -0.460 e. The first-order valence-corrected chi connectivity index (χ1v) is 7.79. The number of carbonyl (C=O) groups excluding carboxylic acids is 1. The van der Waals surface area contributed by atoms with Crippen LogP contribution >= 0.6 is 0 Å². The van der Waals surface area contributed by atoms with E-state index in [9.17, 15) is 4.79 Å².